The molecule has 22 heavy (non-hydrogen) atoms. The third kappa shape index (κ3) is 2.84. The van der Waals surface area contributed by atoms with Gasteiger partial charge in [-0.25, -0.2) is 0 Å². The topological polar surface area (TPSA) is 90.7 Å². The van der Waals surface area contributed by atoms with Crippen LogP contribution >= 0.6 is 0 Å². The van der Waals surface area contributed by atoms with E-state index in [0.29, 0.717) is 5.46 Å². The van der Waals surface area contributed by atoms with Crippen LogP contribution in [0.5, 0.6) is 0 Å². The van der Waals surface area contributed by atoms with Crippen molar-refractivity contribution in [2.75, 3.05) is 5.32 Å². The molecule has 1 N–H and O–H groups in total. The molecule has 8 heteroatoms. The summed E-state index contributed by atoms with van der Waals surface area (Å²) in [5.41, 5.74) is -0.796. The van der Waals surface area contributed by atoms with Crippen LogP contribution in [0.25, 0.3) is 0 Å². The summed E-state index contributed by atoms with van der Waals surface area (Å²) in [7, 11) is -0.785. The summed E-state index contributed by atoms with van der Waals surface area (Å²) in [6.07, 6.45) is 0. The molecule has 1 aromatic carbocycles. The molecule has 0 atom stereocenters. The number of hydrogen-bond donors (Lipinski definition) is 1. The largest absolute Gasteiger partial charge is 0.497 e. The number of nitrogens with one attached hydrogen (secondary N) is 1. The number of nitrogens with zero attached hydrogens (tertiary/aromatic N) is 1. The van der Waals surface area contributed by atoms with Crippen molar-refractivity contribution in [3.63, 3.8) is 0 Å². The second-order valence-corrected chi connectivity index (χ2v) is 6.27. The standard InChI is InChI=1S/C14H19BN2O5/c1-9(18)16-12-10(7-6-8-11(12)17(19)20)15-21-13(2,3)14(4,5)22-15/h6-8H,1-5H3,(H,16,18). The average Bonchev–Trinajstić information content (AvgIpc) is 2.57. The Bertz CT molecular complexity index is 614. The van der Waals surface area contributed by atoms with Crippen LogP contribution in [0.15, 0.2) is 18.2 Å². The van der Waals surface area contributed by atoms with Crippen LogP contribution in [0.2, 0.25) is 0 Å². The van der Waals surface area contributed by atoms with Gasteiger partial charge in [-0.1, -0.05) is 12.1 Å². The molecule has 1 aliphatic heterocycles. The number of para-hydroxylation sites is 1. The van der Waals surface area contributed by atoms with E-state index in [4.69, 9.17) is 9.31 Å². The predicted molar refractivity (Wildman–Crippen MR) is 83.1 cm³/mol. The Kier molecular flexibility index (Phi) is 4.01. The van der Waals surface area contributed by atoms with Crippen molar-refractivity contribution in [1.82, 2.24) is 0 Å². The number of benzene rings is 1. The molecule has 0 radical (unpaired) electrons. The van der Waals surface area contributed by atoms with Crippen LogP contribution in [0, 0.1) is 10.1 Å². The van der Waals surface area contributed by atoms with Crippen molar-refractivity contribution < 1.29 is 19.0 Å². The first-order chi connectivity index (χ1) is 10.0. The zero-order valence-electron chi connectivity index (χ0n) is 13.3. The van der Waals surface area contributed by atoms with Crippen molar-refractivity contribution in [1.29, 1.82) is 0 Å². The van der Waals surface area contributed by atoms with Gasteiger partial charge in [0, 0.05) is 18.5 Å². The van der Waals surface area contributed by atoms with Gasteiger partial charge in [0.25, 0.3) is 5.69 Å². The monoisotopic (exact) mass is 306 g/mol. The highest BCUT2D eigenvalue weighted by Gasteiger charge is 2.52. The fourth-order valence-electron chi connectivity index (χ4n) is 2.19. The Morgan fingerprint density at radius 2 is 1.77 bits per heavy atom. The zero-order valence-corrected chi connectivity index (χ0v) is 13.3. The molecule has 1 heterocycles. The molecule has 1 saturated heterocycles. The SMILES string of the molecule is CC(=O)Nc1c(B2OC(C)(C)C(C)(C)O2)cccc1[N+](=O)[O-]. The predicted octanol–water partition coefficient (Wildman–Crippen LogP) is 1.85. The molecule has 0 spiro atoms. The first kappa shape index (κ1) is 16.4. The van der Waals surface area contributed by atoms with Crippen LogP contribution in [0.3, 0.4) is 0 Å². The van der Waals surface area contributed by atoms with Gasteiger partial charge in [0.2, 0.25) is 5.91 Å². The van der Waals surface area contributed by atoms with E-state index in [2.05, 4.69) is 5.32 Å². The molecule has 0 bridgehead atoms. The summed E-state index contributed by atoms with van der Waals surface area (Å²) in [5, 5.41) is 13.7. The third-order valence-corrected chi connectivity index (χ3v) is 4.08. The molecule has 0 unspecified atom stereocenters. The smallest absolute Gasteiger partial charge is 0.399 e. The highest BCUT2D eigenvalue weighted by atomic mass is 16.7. The molecule has 0 saturated carbocycles. The maximum atomic E-state index is 11.4. The van der Waals surface area contributed by atoms with Gasteiger partial charge in [0.1, 0.15) is 5.69 Å². The Morgan fingerprint density at radius 3 is 2.23 bits per heavy atom. The number of carbonyl (C=O) groups excluding carboxylic acids is 1. The van der Waals surface area contributed by atoms with Gasteiger partial charge in [-0.3, -0.25) is 14.9 Å². The normalized spacial score (nSPS) is 19.0. The molecular formula is C14H19BN2O5. The number of nitro benzene ring substituents is 1. The van der Waals surface area contributed by atoms with E-state index in [0.717, 1.165) is 0 Å². The lowest BCUT2D eigenvalue weighted by Gasteiger charge is -2.32. The average molecular weight is 306 g/mol. The van der Waals surface area contributed by atoms with Crippen LogP contribution in [-0.4, -0.2) is 29.2 Å². The van der Waals surface area contributed by atoms with Gasteiger partial charge in [0.05, 0.1) is 16.1 Å². The van der Waals surface area contributed by atoms with Gasteiger partial charge in [-0.15, -0.1) is 0 Å². The highest BCUT2D eigenvalue weighted by molar-refractivity contribution is 6.64. The molecule has 7 nitrogen and oxygen atoms in total. The van der Waals surface area contributed by atoms with E-state index in [1.54, 1.807) is 12.1 Å². The van der Waals surface area contributed by atoms with Gasteiger partial charge in [-0.05, 0) is 27.7 Å². The first-order valence-corrected chi connectivity index (χ1v) is 6.96. The van der Waals surface area contributed by atoms with Crippen molar-refractivity contribution in [2.24, 2.45) is 0 Å². The van der Waals surface area contributed by atoms with Crippen molar-refractivity contribution in [3.8, 4) is 0 Å². The Hall–Kier alpha value is -1.93. The van der Waals surface area contributed by atoms with Crippen molar-refractivity contribution in [3.05, 3.63) is 28.3 Å². The lowest BCUT2D eigenvalue weighted by atomic mass is 9.77. The number of rotatable bonds is 3. The second kappa shape index (κ2) is 5.37. The molecule has 1 amide bonds. The summed E-state index contributed by atoms with van der Waals surface area (Å²) in [6.45, 7) is 8.86. The quantitative estimate of drug-likeness (QED) is 0.523. The maximum absolute atomic E-state index is 11.4. The summed E-state index contributed by atoms with van der Waals surface area (Å²) in [6, 6.07) is 4.53. The van der Waals surface area contributed by atoms with Crippen LogP contribution in [-0.2, 0) is 14.1 Å². The lowest BCUT2D eigenvalue weighted by Crippen LogP contribution is -2.41. The number of hydrogen-bond acceptors (Lipinski definition) is 5. The van der Waals surface area contributed by atoms with Gasteiger partial charge in [-0.2, -0.15) is 0 Å². The van der Waals surface area contributed by atoms with Gasteiger partial charge < -0.3 is 14.6 Å². The number of nitro groups is 1. The van der Waals surface area contributed by atoms with Crippen LogP contribution in [0.1, 0.15) is 34.6 Å². The lowest BCUT2D eigenvalue weighted by molar-refractivity contribution is -0.383. The van der Waals surface area contributed by atoms with E-state index < -0.39 is 29.2 Å². The first-order valence-electron chi connectivity index (χ1n) is 6.96. The summed E-state index contributed by atoms with van der Waals surface area (Å²) in [4.78, 5) is 22.1. The summed E-state index contributed by atoms with van der Waals surface area (Å²) >= 11 is 0. The minimum atomic E-state index is -0.785. The molecular weight excluding hydrogens is 287 g/mol. The molecule has 0 aromatic heterocycles. The molecule has 1 fully saturated rings. The van der Waals surface area contributed by atoms with Crippen LogP contribution < -0.4 is 10.8 Å². The van der Waals surface area contributed by atoms with E-state index in [1.165, 1.54) is 13.0 Å². The minimum absolute atomic E-state index is 0.110. The van der Waals surface area contributed by atoms with Crippen molar-refractivity contribution >= 4 is 29.9 Å². The fourth-order valence-corrected chi connectivity index (χ4v) is 2.19. The Morgan fingerprint density at radius 1 is 1.23 bits per heavy atom. The van der Waals surface area contributed by atoms with E-state index in [9.17, 15) is 14.9 Å². The second-order valence-electron chi connectivity index (χ2n) is 6.27. The van der Waals surface area contributed by atoms with Crippen molar-refractivity contribution in [2.45, 2.75) is 45.8 Å². The van der Waals surface area contributed by atoms with E-state index in [1.807, 2.05) is 27.7 Å². The molecule has 118 valence electrons. The molecule has 1 aromatic rings. The highest BCUT2D eigenvalue weighted by Crippen LogP contribution is 2.37. The fraction of sp³-hybridized carbons (Fsp3) is 0.500. The maximum Gasteiger partial charge on any atom is 0.497 e. The molecule has 0 aliphatic carbocycles. The molecule has 1 aliphatic rings. The third-order valence-electron chi connectivity index (χ3n) is 4.08. The molecule has 2 rings (SSSR count). The number of carbonyl (C=O) groups is 1. The van der Waals surface area contributed by atoms with E-state index >= 15 is 0 Å². The van der Waals surface area contributed by atoms with Gasteiger partial charge in [0.15, 0.2) is 0 Å². The zero-order chi connectivity index (χ0) is 16.7. The number of amides is 1. The van der Waals surface area contributed by atoms with Gasteiger partial charge >= 0.3 is 7.12 Å². The Balaban J connectivity index is 2.50. The summed E-state index contributed by atoms with van der Waals surface area (Å²) in [5.74, 6) is -0.396. The Labute approximate surface area is 129 Å². The minimum Gasteiger partial charge on any atom is -0.399 e. The number of anilines is 1. The van der Waals surface area contributed by atoms with Crippen LogP contribution in [0.4, 0.5) is 11.4 Å². The van der Waals surface area contributed by atoms with E-state index in [-0.39, 0.29) is 11.4 Å². The summed E-state index contributed by atoms with van der Waals surface area (Å²) < 4.78 is 11.8.